The lowest BCUT2D eigenvalue weighted by atomic mass is 9.98. The number of unbranched alkanes of at least 4 members (excludes halogenated alkanes) is 1. The predicted molar refractivity (Wildman–Crippen MR) is 147 cm³/mol. The molecule has 0 unspecified atom stereocenters. The number of hydrogen-bond donors (Lipinski definition) is 1. The smallest absolute Gasteiger partial charge is 0.439 e. The minimum Gasteiger partial charge on any atom is -0.452 e. The zero-order valence-electron chi connectivity index (χ0n) is 22.2. The van der Waals surface area contributed by atoms with Crippen molar-refractivity contribution in [2.45, 2.75) is 53.0 Å². The van der Waals surface area contributed by atoms with Crippen LogP contribution in [0.5, 0.6) is 0 Å². The molecule has 0 amide bonds. The molecule has 0 saturated heterocycles. The van der Waals surface area contributed by atoms with Gasteiger partial charge in [-0.25, -0.2) is 9.78 Å². The summed E-state index contributed by atoms with van der Waals surface area (Å²) in [5.41, 5.74) is 4.06. The quantitative estimate of drug-likeness (QED) is 0.244. The Hall–Kier alpha value is -4.71. The van der Waals surface area contributed by atoms with Crippen LogP contribution < -0.4 is 11.3 Å². The van der Waals surface area contributed by atoms with Gasteiger partial charge in [-0.15, -0.1) is 5.92 Å². The molecule has 1 N–H and O–H groups in total. The lowest BCUT2D eigenvalue weighted by Crippen LogP contribution is -2.31. The molecular weight excluding hydrogens is 496 g/mol. The Labute approximate surface area is 225 Å². The lowest BCUT2D eigenvalue weighted by Gasteiger charge is -2.16. The van der Waals surface area contributed by atoms with Gasteiger partial charge in [0.05, 0.1) is 13.0 Å². The highest BCUT2D eigenvalue weighted by Crippen LogP contribution is 2.30. The van der Waals surface area contributed by atoms with Crippen molar-refractivity contribution in [1.82, 2.24) is 19.7 Å². The molecule has 0 aliphatic carbocycles. The summed E-state index contributed by atoms with van der Waals surface area (Å²) in [6.45, 7) is 5.81. The van der Waals surface area contributed by atoms with E-state index in [9.17, 15) is 14.4 Å². The normalized spacial score (nSPS) is 10.6. The van der Waals surface area contributed by atoms with E-state index in [0.29, 0.717) is 35.9 Å². The van der Waals surface area contributed by atoms with Gasteiger partial charge in [-0.2, -0.15) is 0 Å². The first-order valence-electron chi connectivity index (χ1n) is 12.8. The molecule has 0 aliphatic heterocycles. The highest BCUT2D eigenvalue weighted by atomic mass is 16.5. The zero-order chi connectivity index (χ0) is 27.8. The fraction of sp³-hybridized carbons (Fsp3) is 0.300. The van der Waals surface area contributed by atoms with Gasteiger partial charge in [-0.3, -0.25) is 23.7 Å². The van der Waals surface area contributed by atoms with Gasteiger partial charge in [0.1, 0.15) is 5.82 Å². The van der Waals surface area contributed by atoms with Crippen LogP contribution in [0.3, 0.4) is 0 Å². The minimum absolute atomic E-state index is 0.00714. The van der Waals surface area contributed by atoms with Crippen LogP contribution in [0.2, 0.25) is 0 Å². The fourth-order valence-electron chi connectivity index (χ4n) is 4.29. The van der Waals surface area contributed by atoms with Gasteiger partial charge in [-0.05, 0) is 37.0 Å². The summed E-state index contributed by atoms with van der Waals surface area (Å²) in [4.78, 5) is 44.7. The number of carbonyl (C=O) groups is 1. The van der Waals surface area contributed by atoms with Crippen molar-refractivity contribution >= 4 is 5.97 Å². The highest BCUT2D eigenvalue weighted by Gasteiger charge is 2.18. The van der Waals surface area contributed by atoms with Crippen LogP contribution in [-0.2, 0) is 28.9 Å². The fourth-order valence-corrected chi connectivity index (χ4v) is 4.29. The number of nitrogens with zero attached hydrogens (tertiary/aromatic N) is 3. The molecule has 9 nitrogen and oxygen atoms in total. The van der Waals surface area contributed by atoms with Gasteiger partial charge < -0.3 is 4.74 Å². The van der Waals surface area contributed by atoms with Gasteiger partial charge in [0.25, 0.3) is 5.56 Å². The molecule has 9 heteroatoms. The molecule has 0 spiro atoms. The van der Waals surface area contributed by atoms with Crippen molar-refractivity contribution in [1.29, 1.82) is 0 Å². The van der Waals surface area contributed by atoms with Crippen LogP contribution in [-0.4, -0.2) is 32.3 Å². The molecule has 2 aromatic heterocycles. The van der Waals surface area contributed by atoms with E-state index in [1.165, 1.54) is 0 Å². The van der Waals surface area contributed by atoms with E-state index in [4.69, 9.17) is 9.72 Å². The molecule has 0 atom stereocenters. The van der Waals surface area contributed by atoms with Crippen LogP contribution in [0, 0.1) is 18.8 Å². The average molecular weight is 527 g/mol. The van der Waals surface area contributed by atoms with Crippen LogP contribution in [0.15, 0.2) is 62.6 Å². The SMILES string of the molecule is CC#CCOC(=O)Cc1c(C)nc(CCCC)n(Cc2ccc(-c3ccccc3-c3noc(=O)[nH]3)cc2)c1=O. The molecule has 39 heavy (non-hydrogen) atoms. The van der Waals surface area contributed by atoms with Crippen molar-refractivity contribution in [3.05, 3.63) is 92.1 Å². The van der Waals surface area contributed by atoms with E-state index < -0.39 is 11.7 Å². The topological polar surface area (TPSA) is 120 Å². The molecule has 0 radical (unpaired) electrons. The number of esters is 1. The van der Waals surface area contributed by atoms with Gasteiger partial charge in [0.2, 0.25) is 0 Å². The summed E-state index contributed by atoms with van der Waals surface area (Å²) in [5, 5.41) is 3.82. The molecule has 4 aromatic rings. The van der Waals surface area contributed by atoms with Gasteiger partial charge >= 0.3 is 11.7 Å². The Kier molecular flexibility index (Phi) is 8.90. The van der Waals surface area contributed by atoms with Crippen molar-refractivity contribution < 1.29 is 14.1 Å². The average Bonchev–Trinajstić information content (AvgIpc) is 3.38. The monoisotopic (exact) mass is 526 g/mol. The van der Waals surface area contributed by atoms with Gasteiger partial charge in [-0.1, -0.05) is 73.0 Å². The molecule has 2 heterocycles. The first kappa shape index (κ1) is 27.3. The third kappa shape index (κ3) is 6.60. The Balaban J connectivity index is 1.64. The molecule has 0 saturated carbocycles. The Morgan fingerprint density at radius 3 is 2.51 bits per heavy atom. The van der Waals surface area contributed by atoms with Crippen LogP contribution >= 0.6 is 0 Å². The molecule has 4 rings (SSSR count). The molecule has 2 aromatic carbocycles. The number of nitrogens with one attached hydrogen (secondary N) is 1. The van der Waals surface area contributed by atoms with E-state index in [2.05, 4.69) is 33.4 Å². The number of benzene rings is 2. The summed E-state index contributed by atoms with van der Waals surface area (Å²) >= 11 is 0. The van der Waals surface area contributed by atoms with Crippen molar-refractivity contribution in [2.75, 3.05) is 6.61 Å². The van der Waals surface area contributed by atoms with E-state index >= 15 is 0 Å². The standard InChI is InChI=1S/C30H30N4O5/c1-4-6-12-26-31-20(3)25(18-27(35)38-17-7-5-2)29(36)34(26)19-21-13-15-22(16-14-21)23-10-8-9-11-24(23)28-32-30(37)39-33-28/h8-11,13-16H,4,6,12,17-19H2,1-3H3,(H,32,33,37). The summed E-state index contributed by atoms with van der Waals surface area (Å²) in [6, 6.07) is 15.4. The Morgan fingerprint density at radius 2 is 1.85 bits per heavy atom. The van der Waals surface area contributed by atoms with E-state index in [1.807, 2.05) is 48.5 Å². The van der Waals surface area contributed by atoms with Gasteiger partial charge in [0.15, 0.2) is 12.4 Å². The number of carbonyl (C=O) groups excluding carboxylic acids is 1. The maximum Gasteiger partial charge on any atom is 0.439 e. The third-order valence-electron chi connectivity index (χ3n) is 6.33. The van der Waals surface area contributed by atoms with Crippen LogP contribution in [0.1, 0.15) is 49.3 Å². The second kappa shape index (κ2) is 12.7. The number of aromatic amines is 1. The summed E-state index contributed by atoms with van der Waals surface area (Å²) in [6.07, 6.45) is 2.36. The largest absolute Gasteiger partial charge is 0.452 e. The number of hydrogen-bond acceptors (Lipinski definition) is 7. The summed E-state index contributed by atoms with van der Waals surface area (Å²) < 4.78 is 11.5. The van der Waals surface area contributed by atoms with Gasteiger partial charge in [0, 0.05) is 23.2 Å². The first-order chi connectivity index (χ1) is 18.9. The predicted octanol–water partition coefficient (Wildman–Crippen LogP) is 4.06. The highest BCUT2D eigenvalue weighted by molar-refractivity contribution is 5.80. The number of aromatic nitrogens is 4. The molecule has 200 valence electrons. The number of ether oxygens (including phenoxy) is 1. The third-order valence-corrected chi connectivity index (χ3v) is 6.33. The molecule has 0 aliphatic rings. The lowest BCUT2D eigenvalue weighted by molar-refractivity contribution is -0.141. The van der Waals surface area contributed by atoms with E-state index in [0.717, 1.165) is 35.1 Å². The second-order valence-electron chi connectivity index (χ2n) is 9.04. The first-order valence-corrected chi connectivity index (χ1v) is 12.8. The van der Waals surface area contributed by atoms with Crippen LogP contribution in [0.25, 0.3) is 22.5 Å². The number of aryl methyl sites for hydroxylation is 2. The Morgan fingerprint density at radius 1 is 1.10 bits per heavy atom. The minimum atomic E-state index is -0.617. The maximum absolute atomic E-state index is 13.6. The number of rotatable bonds is 10. The van der Waals surface area contributed by atoms with Crippen LogP contribution in [0.4, 0.5) is 0 Å². The van der Waals surface area contributed by atoms with E-state index in [-0.39, 0.29) is 18.6 Å². The van der Waals surface area contributed by atoms with E-state index in [1.54, 1.807) is 18.4 Å². The summed E-state index contributed by atoms with van der Waals surface area (Å²) in [7, 11) is 0. The maximum atomic E-state index is 13.6. The van der Waals surface area contributed by atoms with Crippen molar-refractivity contribution in [2.24, 2.45) is 0 Å². The Bertz CT molecular complexity index is 1630. The number of H-pyrrole nitrogens is 1. The van der Waals surface area contributed by atoms with Crippen molar-refractivity contribution in [3.8, 4) is 34.4 Å². The zero-order valence-corrected chi connectivity index (χ0v) is 22.2. The molecule has 0 fully saturated rings. The summed E-state index contributed by atoms with van der Waals surface area (Å²) in [5.74, 6) is 5.27. The molecule has 0 bridgehead atoms. The second-order valence-corrected chi connectivity index (χ2v) is 9.04. The van der Waals surface area contributed by atoms with Crippen molar-refractivity contribution in [3.63, 3.8) is 0 Å². The molecular formula is C30H30N4O5.